The van der Waals surface area contributed by atoms with E-state index in [0.717, 1.165) is 11.1 Å². The monoisotopic (exact) mass is 513 g/mol. The maximum absolute atomic E-state index is 12.9. The number of carboxylic acid groups (broad SMARTS) is 1. The van der Waals surface area contributed by atoms with Gasteiger partial charge in [-0.2, -0.15) is 0 Å². The summed E-state index contributed by atoms with van der Waals surface area (Å²) in [6.07, 6.45) is -0.0373. The van der Waals surface area contributed by atoms with Crippen LogP contribution in [0.3, 0.4) is 0 Å². The largest absolute Gasteiger partial charge is 1.00 e. The number of carboxylic acids is 1. The maximum Gasteiger partial charge on any atom is 1.00 e. The van der Waals surface area contributed by atoms with Crippen LogP contribution in [0, 0.1) is 0 Å². The molecule has 0 aliphatic heterocycles. The van der Waals surface area contributed by atoms with Crippen molar-refractivity contribution in [3.8, 4) is 5.75 Å². The molecule has 0 aliphatic carbocycles. The van der Waals surface area contributed by atoms with Gasteiger partial charge in [-0.3, -0.25) is 0 Å². The first kappa shape index (κ1) is 28.3. The molecule has 0 heterocycles. The molecule has 3 rings (SSSR count). The zero-order valence-corrected chi connectivity index (χ0v) is 22.4. The van der Waals surface area contributed by atoms with E-state index in [1.54, 1.807) is 30.3 Å². The summed E-state index contributed by atoms with van der Waals surface area (Å²) in [7, 11) is -2.55. The van der Waals surface area contributed by atoms with E-state index in [9.17, 15) is 23.4 Å². The number of aromatic carboxylic acids is 1. The van der Waals surface area contributed by atoms with Crippen LogP contribution in [0.5, 0.6) is 5.75 Å². The number of benzene rings is 3. The number of methoxy groups -OCH3 is 1. The second-order valence-electron chi connectivity index (χ2n) is 7.34. The van der Waals surface area contributed by atoms with Crippen molar-refractivity contribution in [1.29, 1.82) is 0 Å². The quantitative estimate of drug-likeness (QED) is 0.272. The Labute approximate surface area is 227 Å². The molecule has 1 atom stereocenters. The molecule has 0 saturated carbocycles. The predicted octanol–water partition coefficient (Wildman–Crippen LogP) is 0.862. The minimum absolute atomic E-state index is 0. The van der Waals surface area contributed by atoms with Crippen molar-refractivity contribution < 1.29 is 59.1 Å². The second-order valence-corrected chi connectivity index (χ2v) is 9.73. The third kappa shape index (κ3) is 7.05. The van der Waals surface area contributed by atoms with Crippen LogP contribution in [0.2, 0.25) is 5.02 Å². The first-order chi connectivity index (χ1) is 15.7. The number of aliphatic hydroxyl groups is 1. The van der Waals surface area contributed by atoms with Gasteiger partial charge in [-0.15, -0.1) is 0 Å². The van der Waals surface area contributed by atoms with Gasteiger partial charge in [0.25, 0.3) is 0 Å². The Morgan fingerprint density at radius 2 is 1.76 bits per heavy atom. The van der Waals surface area contributed by atoms with Crippen molar-refractivity contribution in [3.63, 3.8) is 0 Å². The average molecular weight is 514 g/mol. The van der Waals surface area contributed by atoms with Gasteiger partial charge in [0.2, 0.25) is 9.84 Å². The van der Waals surface area contributed by atoms with Crippen LogP contribution in [0.15, 0.2) is 76.5 Å². The Kier molecular flexibility index (Phi) is 10.6. The summed E-state index contributed by atoms with van der Waals surface area (Å²) in [6.45, 7) is 0.957. The molecular formula is C24H25ClNNaO6S. The molecule has 176 valence electrons. The fraction of sp³-hybridized carbons (Fsp3) is 0.208. The van der Waals surface area contributed by atoms with Crippen LogP contribution >= 0.6 is 11.6 Å². The Morgan fingerprint density at radius 3 is 2.38 bits per heavy atom. The molecule has 0 radical (unpaired) electrons. The van der Waals surface area contributed by atoms with E-state index >= 15 is 0 Å². The summed E-state index contributed by atoms with van der Waals surface area (Å²) in [5, 5.41) is 23.1. The molecule has 7 nitrogen and oxygen atoms in total. The average Bonchev–Trinajstić information content (AvgIpc) is 2.81. The molecular weight excluding hydrogens is 489 g/mol. The van der Waals surface area contributed by atoms with Crippen LogP contribution in [0.4, 0.5) is 0 Å². The smallest absolute Gasteiger partial charge is 1.00 e. The van der Waals surface area contributed by atoms with Gasteiger partial charge in [-0.05, 0) is 60.5 Å². The number of ether oxygens (including phenoxy) is 1. The number of rotatable bonds is 10. The van der Waals surface area contributed by atoms with Crippen molar-refractivity contribution in [2.24, 2.45) is 0 Å². The Balaban J connectivity index is 0.00000306. The fourth-order valence-electron chi connectivity index (χ4n) is 3.29. The van der Waals surface area contributed by atoms with Gasteiger partial charge < -0.3 is 21.7 Å². The SMILES string of the molecule is COc1cc(S(=O)(=O)c2ccc(CCNC[C@@H](O)c3cccc(Cl)c3)cc2)ccc1C(=O)O.[H-].[Na+]. The molecule has 34 heavy (non-hydrogen) atoms. The van der Waals surface area contributed by atoms with E-state index in [4.69, 9.17) is 16.3 Å². The number of sulfone groups is 1. The predicted molar refractivity (Wildman–Crippen MR) is 126 cm³/mol. The van der Waals surface area contributed by atoms with Crippen molar-refractivity contribution in [2.75, 3.05) is 20.2 Å². The van der Waals surface area contributed by atoms with E-state index < -0.39 is 21.9 Å². The van der Waals surface area contributed by atoms with Crippen LogP contribution in [-0.2, 0) is 16.3 Å². The van der Waals surface area contributed by atoms with Crippen molar-refractivity contribution >= 4 is 27.4 Å². The third-order valence-electron chi connectivity index (χ3n) is 5.11. The Hall–Kier alpha value is -1.91. The van der Waals surface area contributed by atoms with Crippen LogP contribution in [-0.4, -0.2) is 44.8 Å². The molecule has 0 aliphatic rings. The molecule has 0 amide bonds. The van der Waals surface area contributed by atoms with Gasteiger partial charge >= 0.3 is 35.5 Å². The van der Waals surface area contributed by atoms with Crippen LogP contribution < -0.4 is 39.6 Å². The summed E-state index contributed by atoms with van der Waals surface area (Å²) in [4.78, 5) is 11.3. The summed E-state index contributed by atoms with van der Waals surface area (Å²) in [6, 6.07) is 17.2. The van der Waals surface area contributed by atoms with Crippen molar-refractivity contribution in [3.05, 3.63) is 88.4 Å². The van der Waals surface area contributed by atoms with Crippen molar-refractivity contribution in [1.82, 2.24) is 5.32 Å². The second kappa shape index (κ2) is 12.7. The van der Waals surface area contributed by atoms with Crippen LogP contribution in [0.25, 0.3) is 0 Å². The van der Waals surface area contributed by atoms with Gasteiger partial charge in [0, 0.05) is 17.6 Å². The van der Waals surface area contributed by atoms with Gasteiger partial charge in [-0.25, -0.2) is 13.2 Å². The van der Waals surface area contributed by atoms with Crippen LogP contribution in [0.1, 0.15) is 29.0 Å². The number of hydrogen-bond donors (Lipinski definition) is 3. The molecule has 0 aromatic heterocycles. The van der Waals surface area contributed by atoms with Gasteiger partial charge in [-0.1, -0.05) is 35.9 Å². The number of hydrogen-bond acceptors (Lipinski definition) is 6. The number of halogens is 1. The summed E-state index contributed by atoms with van der Waals surface area (Å²) < 4.78 is 30.9. The fourth-order valence-corrected chi connectivity index (χ4v) is 4.76. The summed E-state index contributed by atoms with van der Waals surface area (Å²) >= 11 is 5.94. The minimum atomic E-state index is -3.83. The number of aliphatic hydroxyl groups excluding tert-OH is 1. The Morgan fingerprint density at radius 1 is 1.09 bits per heavy atom. The summed E-state index contributed by atoms with van der Waals surface area (Å²) in [5.74, 6) is -1.22. The van der Waals surface area contributed by atoms with Gasteiger partial charge in [0.15, 0.2) is 0 Å². The molecule has 0 saturated heterocycles. The first-order valence-electron chi connectivity index (χ1n) is 10.1. The Bertz CT molecular complexity index is 1240. The molecule has 0 unspecified atom stereocenters. The van der Waals surface area contributed by atoms with E-state index in [2.05, 4.69) is 5.32 Å². The molecule has 3 aromatic rings. The number of carbonyl (C=O) groups is 1. The van der Waals surface area contributed by atoms with E-state index in [-0.39, 0.29) is 52.1 Å². The zero-order chi connectivity index (χ0) is 24.0. The van der Waals surface area contributed by atoms with E-state index in [1.165, 1.54) is 37.4 Å². The molecule has 3 N–H and O–H groups in total. The van der Waals surface area contributed by atoms with E-state index in [1.807, 2.05) is 6.07 Å². The molecule has 0 spiro atoms. The zero-order valence-electron chi connectivity index (χ0n) is 19.9. The number of nitrogens with one attached hydrogen (secondary N) is 1. The maximum atomic E-state index is 12.9. The van der Waals surface area contributed by atoms with Gasteiger partial charge in [0.1, 0.15) is 11.3 Å². The van der Waals surface area contributed by atoms with E-state index in [0.29, 0.717) is 24.5 Å². The minimum Gasteiger partial charge on any atom is -1.00 e. The molecule has 0 bridgehead atoms. The molecule has 0 fully saturated rings. The standard InChI is InChI=1S/C24H24ClNO6S.Na.H/c1-32-23-14-20(9-10-21(23)24(28)29)33(30,31)19-7-5-16(6-8-19)11-12-26-15-22(27)17-3-2-4-18(25)13-17;;/h2-10,13-14,22,26-27H,11-12,15H2,1H3,(H,28,29);;/q;+1;-1/t22-;;/m1../s1. The molecule has 3 aromatic carbocycles. The topological polar surface area (TPSA) is 113 Å². The molecule has 10 heteroatoms. The third-order valence-corrected chi connectivity index (χ3v) is 7.11. The first-order valence-corrected chi connectivity index (χ1v) is 12.0. The summed E-state index contributed by atoms with van der Waals surface area (Å²) in [5.41, 5.74) is 1.55. The van der Waals surface area contributed by atoms with Crippen molar-refractivity contribution in [2.45, 2.75) is 22.3 Å². The normalized spacial score (nSPS) is 12.0. The van der Waals surface area contributed by atoms with Gasteiger partial charge in [0.05, 0.1) is 23.0 Å².